The number of hydrogen-bond donors (Lipinski definition) is 2. The second-order valence-corrected chi connectivity index (χ2v) is 14.6. The van der Waals surface area contributed by atoms with Crippen molar-refractivity contribution < 1.29 is 55.0 Å². The molecule has 0 unspecified atom stereocenters. The predicted octanol–water partition coefficient (Wildman–Crippen LogP) is 2.09. The minimum absolute atomic E-state index is 0.371. The average molecular weight is 679 g/mol. The zero-order chi connectivity index (χ0) is 33.0. The maximum absolute atomic E-state index is 6.08. The molecule has 0 aliphatic carbocycles. The lowest BCUT2D eigenvalue weighted by Crippen LogP contribution is -2.48. The van der Waals surface area contributed by atoms with Gasteiger partial charge in [-0.05, 0) is 53.1 Å². The molecule has 0 spiro atoms. The van der Waals surface area contributed by atoms with Gasteiger partial charge in [0.25, 0.3) is 0 Å². The molecular weight excluding hydrogens is 612 g/mol. The Morgan fingerprint density at radius 1 is 0.386 bits per heavy atom. The van der Waals surface area contributed by atoms with Crippen LogP contribution < -0.4 is 11.5 Å². The van der Waals surface area contributed by atoms with Crippen LogP contribution in [0.4, 0.5) is 0 Å². The van der Waals surface area contributed by atoms with Crippen LogP contribution in [0.3, 0.4) is 0 Å². The highest BCUT2D eigenvalue weighted by Gasteiger charge is 2.41. The van der Waals surface area contributed by atoms with Gasteiger partial charge in [0.1, 0.15) is 0 Å². The van der Waals surface area contributed by atoms with E-state index in [-0.39, 0.29) is 0 Å². The summed E-state index contributed by atoms with van der Waals surface area (Å²) in [4.78, 5) is 0. The zero-order valence-corrected chi connectivity index (χ0v) is 30.6. The quantitative estimate of drug-likeness (QED) is 0.0751. The van der Waals surface area contributed by atoms with E-state index in [1.807, 2.05) is 20.8 Å². The molecule has 0 bridgehead atoms. The second-order valence-electron chi connectivity index (χ2n) is 9.16. The molecule has 0 saturated carbocycles. The predicted molar refractivity (Wildman–Crippen MR) is 174 cm³/mol. The van der Waals surface area contributed by atoms with Crippen molar-refractivity contribution in [1.29, 1.82) is 0 Å². The molecule has 0 aromatic rings. The second kappa shape index (κ2) is 35.7. The van der Waals surface area contributed by atoms with Crippen LogP contribution in [0, 0.1) is 0 Å². The summed E-state index contributed by atoms with van der Waals surface area (Å²) < 4.78 is 66.7. The third kappa shape index (κ3) is 28.1. The van der Waals surface area contributed by atoms with Crippen molar-refractivity contribution in [3.05, 3.63) is 0 Å². The first-order valence-electron chi connectivity index (χ1n) is 15.9. The Morgan fingerprint density at radius 3 is 1.02 bits per heavy atom. The van der Waals surface area contributed by atoms with Gasteiger partial charge in [-0.25, -0.2) is 0 Å². The molecule has 0 aromatic carbocycles. The summed E-state index contributed by atoms with van der Waals surface area (Å²) in [6.45, 7) is 14.7. The molecule has 268 valence electrons. The SMILES string of the molecule is CCO[Si](CCCCN)(OCC)OCC.COCCOCCO[Si](CCCN)(OCCOCCOC)OCCOCCOC. The van der Waals surface area contributed by atoms with E-state index in [0.29, 0.717) is 112 Å². The van der Waals surface area contributed by atoms with E-state index >= 15 is 0 Å². The molecule has 0 aromatic heterocycles. The molecule has 0 fully saturated rings. The number of methoxy groups -OCH3 is 3. The van der Waals surface area contributed by atoms with Gasteiger partial charge in [0.05, 0.1) is 79.3 Å². The van der Waals surface area contributed by atoms with Crippen LogP contribution >= 0.6 is 0 Å². The Hall–Kier alpha value is -0.126. The maximum atomic E-state index is 6.08. The van der Waals surface area contributed by atoms with Crippen molar-refractivity contribution in [3.8, 4) is 0 Å². The van der Waals surface area contributed by atoms with Crippen LogP contribution in [-0.2, 0) is 55.0 Å². The highest BCUT2D eigenvalue weighted by Crippen LogP contribution is 2.19. The average Bonchev–Trinajstić information content (AvgIpc) is 3.02. The summed E-state index contributed by atoms with van der Waals surface area (Å²) in [5, 5.41) is 0. The minimum Gasteiger partial charge on any atom is -0.382 e. The van der Waals surface area contributed by atoms with Crippen LogP contribution in [-0.4, -0.2) is 151 Å². The molecule has 16 heteroatoms. The molecule has 0 rings (SSSR count). The van der Waals surface area contributed by atoms with Crippen molar-refractivity contribution in [2.75, 3.05) is 134 Å². The molecule has 0 heterocycles. The zero-order valence-electron chi connectivity index (χ0n) is 28.6. The van der Waals surface area contributed by atoms with E-state index in [1.165, 1.54) is 0 Å². The molecule has 0 aliphatic heterocycles. The first kappa shape index (κ1) is 46.0. The number of ether oxygens (including phenoxy) is 6. The van der Waals surface area contributed by atoms with Crippen molar-refractivity contribution in [1.82, 2.24) is 0 Å². The Balaban J connectivity index is 0. The van der Waals surface area contributed by atoms with E-state index in [1.54, 1.807) is 21.3 Å². The molecular formula is C28H66N2O12Si2. The van der Waals surface area contributed by atoms with Crippen LogP contribution in [0.1, 0.15) is 40.0 Å². The van der Waals surface area contributed by atoms with Crippen molar-refractivity contribution >= 4 is 17.6 Å². The highest BCUT2D eigenvalue weighted by atomic mass is 28.4. The lowest BCUT2D eigenvalue weighted by Gasteiger charge is -2.30. The van der Waals surface area contributed by atoms with Crippen LogP contribution in [0.25, 0.3) is 0 Å². The van der Waals surface area contributed by atoms with E-state index in [2.05, 4.69) is 0 Å². The first-order valence-corrected chi connectivity index (χ1v) is 19.8. The van der Waals surface area contributed by atoms with Gasteiger partial charge in [0.2, 0.25) is 0 Å². The van der Waals surface area contributed by atoms with Gasteiger partial charge in [-0.1, -0.05) is 0 Å². The Morgan fingerprint density at radius 2 is 0.705 bits per heavy atom. The molecule has 4 N–H and O–H groups in total. The van der Waals surface area contributed by atoms with Crippen molar-refractivity contribution in [3.63, 3.8) is 0 Å². The molecule has 0 radical (unpaired) electrons. The van der Waals surface area contributed by atoms with Crippen molar-refractivity contribution in [2.24, 2.45) is 11.5 Å². The third-order valence-electron chi connectivity index (χ3n) is 5.66. The van der Waals surface area contributed by atoms with Gasteiger partial charge < -0.3 is 66.4 Å². The fourth-order valence-electron chi connectivity index (χ4n) is 3.65. The topological polar surface area (TPSA) is 163 Å². The Bertz CT molecular complexity index is 505. The fourth-order valence-corrected chi connectivity index (χ4v) is 8.84. The van der Waals surface area contributed by atoms with Gasteiger partial charge in [0, 0.05) is 53.2 Å². The molecule has 0 saturated heterocycles. The summed E-state index contributed by atoms with van der Waals surface area (Å²) >= 11 is 0. The highest BCUT2D eigenvalue weighted by molar-refractivity contribution is 6.61. The van der Waals surface area contributed by atoms with Gasteiger partial charge in [-0.15, -0.1) is 0 Å². The van der Waals surface area contributed by atoms with Crippen LogP contribution in [0.5, 0.6) is 0 Å². The number of rotatable bonds is 34. The van der Waals surface area contributed by atoms with Gasteiger partial charge >= 0.3 is 17.6 Å². The van der Waals surface area contributed by atoms with Crippen LogP contribution in [0.2, 0.25) is 12.1 Å². The first-order chi connectivity index (χ1) is 21.5. The summed E-state index contributed by atoms with van der Waals surface area (Å²) in [6.07, 6.45) is 2.76. The fraction of sp³-hybridized carbons (Fsp3) is 1.00. The van der Waals surface area contributed by atoms with E-state index in [4.69, 9.17) is 66.4 Å². The number of unbranched alkanes of at least 4 members (excludes halogenated alkanes) is 1. The Labute approximate surface area is 269 Å². The maximum Gasteiger partial charge on any atom is 0.501 e. The van der Waals surface area contributed by atoms with Gasteiger partial charge in [-0.3, -0.25) is 0 Å². The molecule has 0 amide bonds. The monoisotopic (exact) mass is 678 g/mol. The summed E-state index contributed by atoms with van der Waals surface area (Å²) in [6, 6.07) is 1.50. The smallest absolute Gasteiger partial charge is 0.382 e. The van der Waals surface area contributed by atoms with Gasteiger partial charge in [-0.2, -0.15) is 0 Å². The molecule has 0 aliphatic rings. The largest absolute Gasteiger partial charge is 0.501 e. The van der Waals surface area contributed by atoms with Crippen molar-refractivity contribution in [2.45, 2.75) is 52.1 Å². The summed E-state index contributed by atoms with van der Waals surface area (Å²) in [5.74, 6) is 0. The van der Waals surface area contributed by atoms with Crippen LogP contribution in [0.15, 0.2) is 0 Å². The van der Waals surface area contributed by atoms with E-state index < -0.39 is 17.6 Å². The number of nitrogens with two attached hydrogens (primary N) is 2. The van der Waals surface area contributed by atoms with E-state index in [0.717, 1.165) is 31.9 Å². The lowest BCUT2D eigenvalue weighted by atomic mass is 10.3. The summed E-state index contributed by atoms with van der Waals surface area (Å²) in [5.41, 5.74) is 11.2. The van der Waals surface area contributed by atoms with E-state index in [9.17, 15) is 0 Å². The molecule has 0 atom stereocenters. The lowest BCUT2D eigenvalue weighted by molar-refractivity contribution is -0.0111. The Kier molecular flexibility index (Phi) is 37.3. The summed E-state index contributed by atoms with van der Waals surface area (Å²) in [7, 11) is -0.420. The van der Waals surface area contributed by atoms with Gasteiger partial charge in [0.15, 0.2) is 0 Å². The molecule has 44 heavy (non-hydrogen) atoms. The molecule has 14 nitrogen and oxygen atoms in total. The standard InChI is InChI=1S/C18H41NO9Si.C10H25NO3Si/c1-20-6-9-23-12-15-26-29(18-4-5-19,27-16-13-24-10-7-21-2)28-17-14-25-11-8-22-3;1-4-12-15(13-5-2,14-6-3)10-8-7-9-11/h4-19H2,1-3H3;4-11H2,1-3H3. The number of hydrogen-bond acceptors (Lipinski definition) is 14. The third-order valence-corrected chi connectivity index (χ3v) is 11.7. The minimum atomic E-state index is -2.94. The normalized spacial score (nSPS) is 12.0.